The van der Waals surface area contributed by atoms with Gasteiger partial charge in [-0.3, -0.25) is 14.4 Å². The summed E-state index contributed by atoms with van der Waals surface area (Å²) in [6.45, 7) is 9.26. The first-order valence-corrected chi connectivity index (χ1v) is 13.2. The van der Waals surface area contributed by atoms with Gasteiger partial charge >= 0.3 is 5.97 Å². The third-order valence-corrected chi connectivity index (χ3v) is 6.37. The molecule has 1 aromatic rings. The van der Waals surface area contributed by atoms with Crippen molar-refractivity contribution in [3.8, 4) is 0 Å². The number of benzene rings is 1. The summed E-state index contributed by atoms with van der Waals surface area (Å²) in [6, 6.07) is 5.66. The van der Waals surface area contributed by atoms with Crippen LogP contribution in [0.25, 0.3) is 0 Å². The third-order valence-electron chi connectivity index (χ3n) is 6.37. The first-order chi connectivity index (χ1) is 17.8. The Morgan fingerprint density at radius 1 is 0.921 bits per heavy atom. The summed E-state index contributed by atoms with van der Waals surface area (Å²) < 4.78 is 4.84. The largest absolute Gasteiger partial charge is 0.467 e. The maximum Gasteiger partial charge on any atom is 0.328 e. The monoisotopic (exact) mass is 534 g/mol. The van der Waals surface area contributed by atoms with Crippen LogP contribution in [0.15, 0.2) is 30.3 Å². The number of Topliss-reactive ketones (excluding diaryl/α,β-unsaturated/α-hetero) is 1. The molecule has 0 heterocycles. The van der Waals surface area contributed by atoms with E-state index in [4.69, 9.17) is 16.2 Å². The number of carbonyl (C=O) groups excluding carboxylic acids is 4. The quantitative estimate of drug-likeness (QED) is 0.196. The molecular formula is C28H46N4O6. The van der Waals surface area contributed by atoms with E-state index in [2.05, 4.69) is 10.6 Å². The van der Waals surface area contributed by atoms with Gasteiger partial charge in [0.25, 0.3) is 5.91 Å². The second-order valence-electron chi connectivity index (χ2n) is 10.9. The van der Waals surface area contributed by atoms with Crippen LogP contribution in [0.3, 0.4) is 0 Å². The minimum Gasteiger partial charge on any atom is -0.467 e. The molecule has 10 nitrogen and oxygen atoms in total. The van der Waals surface area contributed by atoms with Crippen molar-refractivity contribution in [2.24, 2.45) is 29.2 Å². The van der Waals surface area contributed by atoms with Crippen LogP contribution in [0, 0.1) is 17.8 Å². The van der Waals surface area contributed by atoms with Gasteiger partial charge in [0.2, 0.25) is 5.91 Å². The molecule has 1 aromatic carbocycles. The highest BCUT2D eigenvalue weighted by atomic mass is 16.5. The summed E-state index contributed by atoms with van der Waals surface area (Å²) in [5, 5.41) is 15.8. The Kier molecular flexibility index (Phi) is 14.2. The van der Waals surface area contributed by atoms with Crippen molar-refractivity contribution >= 4 is 23.6 Å². The lowest BCUT2D eigenvalue weighted by molar-refractivity contribution is -0.145. The van der Waals surface area contributed by atoms with Gasteiger partial charge in [0, 0.05) is 18.9 Å². The second kappa shape index (κ2) is 16.2. The van der Waals surface area contributed by atoms with Gasteiger partial charge in [0.15, 0.2) is 0 Å². The predicted molar refractivity (Wildman–Crippen MR) is 146 cm³/mol. The number of amides is 2. The lowest BCUT2D eigenvalue weighted by atomic mass is 9.90. The van der Waals surface area contributed by atoms with Crippen molar-refractivity contribution in [2.75, 3.05) is 7.11 Å². The molecule has 0 radical (unpaired) electrons. The molecule has 2 amide bonds. The summed E-state index contributed by atoms with van der Waals surface area (Å²) in [6.07, 6.45) is -0.378. The fourth-order valence-electron chi connectivity index (χ4n) is 4.23. The molecule has 0 aliphatic carbocycles. The number of nitrogens with one attached hydrogen (secondary N) is 2. The molecule has 0 aliphatic heterocycles. The molecule has 0 aliphatic rings. The average Bonchev–Trinajstić information content (AvgIpc) is 2.85. The van der Waals surface area contributed by atoms with Gasteiger partial charge in [0.05, 0.1) is 13.2 Å². The minimum absolute atomic E-state index is 0.0791. The van der Waals surface area contributed by atoms with Crippen LogP contribution in [-0.4, -0.2) is 66.1 Å². The number of aliphatic hydroxyl groups is 1. The number of rotatable bonds is 16. The van der Waals surface area contributed by atoms with Crippen LogP contribution in [0.2, 0.25) is 0 Å². The van der Waals surface area contributed by atoms with E-state index in [1.165, 1.54) is 7.11 Å². The minimum atomic E-state index is -1.59. The molecule has 7 N–H and O–H groups in total. The number of ketones is 1. The second-order valence-corrected chi connectivity index (χ2v) is 10.9. The van der Waals surface area contributed by atoms with Crippen LogP contribution in [0.5, 0.6) is 0 Å². The molecule has 0 saturated heterocycles. The molecule has 10 heteroatoms. The number of esters is 1. The standard InChI is InChI=1S/C28H46N4O6/c1-16(2)12-20(29)23(33)14-18(5)13-21(30)25(34)27(36)32-24(17(3)4)26(35)31-22(28(37)38-6)15-19-10-8-7-9-11-19/h7-11,16-18,20-22,24-25,34H,12-15,29-30H2,1-6H3,(H,31,35)(H,32,36)/t18?,20-,21-,22-,24-,25-/m0/s1. The normalized spacial score (nSPS) is 16.2. The van der Waals surface area contributed by atoms with E-state index in [-0.39, 0.29) is 36.9 Å². The van der Waals surface area contributed by atoms with E-state index in [1.807, 2.05) is 51.1 Å². The molecule has 1 rings (SSSR count). The zero-order valence-electron chi connectivity index (χ0n) is 23.5. The summed E-state index contributed by atoms with van der Waals surface area (Å²) in [7, 11) is 1.23. The van der Waals surface area contributed by atoms with E-state index in [0.717, 1.165) is 5.56 Å². The van der Waals surface area contributed by atoms with Gasteiger partial charge < -0.3 is 31.9 Å². The third kappa shape index (κ3) is 11.3. The van der Waals surface area contributed by atoms with Crippen molar-refractivity contribution in [3.63, 3.8) is 0 Å². The molecule has 38 heavy (non-hydrogen) atoms. The lowest BCUT2D eigenvalue weighted by Crippen LogP contribution is -2.57. The smallest absolute Gasteiger partial charge is 0.328 e. The Bertz CT molecular complexity index is 908. The van der Waals surface area contributed by atoms with Crippen LogP contribution in [0.4, 0.5) is 0 Å². The van der Waals surface area contributed by atoms with Crippen LogP contribution in [0.1, 0.15) is 59.4 Å². The van der Waals surface area contributed by atoms with E-state index in [9.17, 15) is 24.3 Å². The number of hydrogen-bond acceptors (Lipinski definition) is 8. The van der Waals surface area contributed by atoms with E-state index < -0.39 is 48.1 Å². The van der Waals surface area contributed by atoms with Gasteiger partial charge in [-0.25, -0.2) is 4.79 Å². The zero-order valence-corrected chi connectivity index (χ0v) is 23.5. The maximum absolute atomic E-state index is 13.1. The highest BCUT2D eigenvalue weighted by molar-refractivity contribution is 5.92. The predicted octanol–water partition coefficient (Wildman–Crippen LogP) is 1.07. The van der Waals surface area contributed by atoms with Gasteiger partial charge in [-0.2, -0.15) is 0 Å². The van der Waals surface area contributed by atoms with Crippen molar-refractivity contribution in [1.29, 1.82) is 0 Å². The molecule has 0 saturated carbocycles. The first kappa shape index (κ1) is 33.2. The summed E-state index contributed by atoms with van der Waals surface area (Å²) >= 11 is 0. The number of carbonyl (C=O) groups is 4. The number of methoxy groups -OCH3 is 1. The molecule has 1 unspecified atom stereocenters. The van der Waals surface area contributed by atoms with E-state index in [1.54, 1.807) is 13.8 Å². The molecule has 0 bridgehead atoms. The van der Waals surface area contributed by atoms with Crippen molar-refractivity contribution < 1.29 is 29.0 Å². The van der Waals surface area contributed by atoms with Crippen LogP contribution in [-0.2, 0) is 30.3 Å². The molecule has 0 spiro atoms. The van der Waals surface area contributed by atoms with E-state index in [0.29, 0.717) is 12.3 Å². The highest BCUT2D eigenvalue weighted by Crippen LogP contribution is 2.16. The fourth-order valence-corrected chi connectivity index (χ4v) is 4.23. The summed E-state index contributed by atoms with van der Waals surface area (Å²) in [5.41, 5.74) is 12.9. The lowest BCUT2D eigenvalue weighted by Gasteiger charge is -2.27. The molecular weight excluding hydrogens is 488 g/mol. The zero-order chi connectivity index (χ0) is 29.0. The molecule has 0 fully saturated rings. The Morgan fingerprint density at radius 3 is 2.05 bits per heavy atom. The maximum atomic E-state index is 13.1. The molecule has 6 atom stereocenters. The van der Waals surface area contributed by atoms with Crippen LogP contribution >= 0.6 is 0 Å². The van der Waals surface area contributed by atoms with Gasteiger partial charge in [0.1, 0.15) is 24.0 Å². The topological polar surface area (TPSA) is 174 Å². The van der Waals surface area contributed by atoms with E-state index >= 15 is 0 Å². The van der Waals surface area contributed by atoms with Gasteiger partial charge in [-0.1, -0.05) is 65.0 Å². The average molecular weight is 535 g/mol. The van der Waals surface area contributed by atoms with Crippen molar-refractivity contribution in [3.05, 3.63) is 35.9 Å². The molecule has 214 valence electrons. The summed E-state index contributed by atoms with van der Waals surface area (Å²) in [4.78, 5) is 50.6. The highest BCUT2D eigenvalue weighted by Gasteiger charge is 2.33. The fraction of sp³-hybridized carbons (Fsp3) is 0.643. The van der Waals surface area contributed by atoms with Crippen LogP contribution < -0.4 is 22.1 Å². The Morgan fingerprint density at radius 2 is 1.53 bits per heavy atom. The SMILES string of the molecule is COC(=O)[C@H](Cc1ccccc1)NC(=O)[C@@H](NC(=O)[C@@H](O)[C@@H](N)CC(C)CC(=O)[C@@H](N)CC(C)C)C(C)C. The Balaban J connectivity index is 2.78. The molecule has 0 aromatic heterocycles. The summed E-state index contributed by atoms with van der Waals surface area (Å²) in [5.74, 6) is -2.33. The number of hydrogen-bond donors (Lipinski definition) is 5. The first-order valence-electron chi connectivity index (χ1n) is 13.2. The Hall–Kier alpha value is -2.82. The van der Waals surface area contributed by atoms with Gasteiger partial charge in [-0.05, 0) is 36.2 Å². The number of aliphatic hydroxyl groups excluding tert-OH is 1. The number of ether oxygens (including phenoxy) is 1. The Labute approximate surface area is 226 Å². The van der Waals surface area contributed by atoms with Crippen molar-refractivity contribution in [1.82, 2.24) is 10.6 Å². The van der Waals surface area contributed by atoms with Gasteiger partial charge in [-0.15, -0.1) is 0 Å². The van der Waals surface area contributed by atoms with Crippen molar-refractivity contribution in [2.45, 2.75) is 90.6 Å². The number of nitrogens with two attached hydrogens (primary N) is 2.